The summed E-state index contributed by atoms with van der Waals surface area (Å²) in [4.78, 5) is 32.8. The molecule has 0 aliphatic carbocycles. The molecular weight excluding hydrogens is 264 g/mol. The number of carbonyl (C=O) groups is 3. The minimum absolute atomic E-state index is 0.373. The number of hydrogen-bond acceptors (Lipinski definition) is 3. The van der Waals surface area contributed by atoms with Crippen molar-refractivity contribution >= 4 is 23.7 Å². The average Bonchev–Trinajstić information content (AvgIpc) is 2.37. The summed E-state index contributed by atoms with van der Waals surface area (Å²) in [5, 5.41) is 21.8. The standard InChI is InChI=1S/C13H12N2O5/c1-2-8-4-3-5-9(6-8)14-13(20)15-10(12(18)19)7-11(16)17/h1,3-6,10H,7H2,(H,16,17)(H,18,19)(H2,14,15,20)/t10-/m0/s1. The van der Waals surface area contributed by atoms with Crippen LogP contribution in [0.1, 0.15) is 12.0 Å². The minimum Gasteiger partial charge on any atom is -0.481 e. The van der Waals surface area contributed by atoms with Crippen molar-refractivity contribution in [2.75, 3.05) is 5.32 Å². The van der Waals surface area contributed by atoms with E-state index in [9.17, 15) is 14.4 Å². The molecule has 0 aromatic heterocycles. The molecule has 0 unspecified atom stereocenters. The zero-order valence-electron chi connectivity index (χ0n) is 10.3. The molecule has 4 N–H and O–H groups in total. The molecule has 0 radical (unpaired) electrons. The van der Waals surface area contributed by atoms with Crippen molar-refractivity contribution < 1.29 is 24.6 Å². The van der Waals surface area contributed by atoms with Gasteiger partial charge in [0.1, 0.15) is 6.04 Å². The first kappa shape index (κ1) is 15.0. The van der Waals surface area contributed by atoms with Crippen LogP contribution >= 0.6 is 0 Å². The molecule has 2 amide bonds. The van der Waals surface area contributed by atoms with E-state index in [-0.39, 0.29) is 0 Å². The number of rotatable bonds is 5. The van der Waals surface area contributed by atoms with Gasteiger partial charge >= 0.3 is 18.0 Å². The highest BCUT2D eigenvalue weighted by Gasteiger charge is 2.22. The van der Waals surface area contributed by atoms with Crippen molar-refractivity contribution in [3.05, 3.63) is 29.8 Å². The summed E-state index contributed by atoms with van der Waals surface area (Å²) in [6, 6.07) is 4.03. The summed E-state index contributed by atoms with van der Waals surface area (Å²) >= 11 is 0. The monoisotopic (exact) mass is 276 g/mol. The number of anilines is 1. The molecule has 7 nitrogen and oxygen atoms in total. The molecule has 1 atom stereocenters. The predicted molar refractivity (Wildman–Crippen MR) is 70.2 cm³/mol. The van der Waals surface area contributed by atoms with E-state index in [1.54, 1.807) is 18.2 Å². The number of carbonyl (C=O) groups excluding carboxylic acids is 1. The van der Waals surface area contributed by atoms with Crippen LogP contribution in [0.25, 0.3) is 0 Å². The largest absolute Gasteiger partial charge is 0.481 e. The summed E-state index contributed by atoms with van der Waals surface area (Å²) in [6.07, 6.45) is 4.49. The summed E-state index contributed by atoms with van der Waals surface area (Å²) in [6.45, 7) is 0. The Labute approximate surface area is 114 Å². The summed E-state index contributed by atoms with van der Waals surface area (Å²) in [5.74, 6) is -0.375. The minimum atomic E-state index is -1.51. The molecule has 0 saturated carbocycles. The van der Waals surface area contributed by atoms with E-state index in [1.165, 1.54) is 6.07 Å². The Morgan fingerprint density at radius 3 is 2.55 bits per heavy atom. The number of aliphatic carboxylic acids is 2. The van der Waals surface area contributed by atoms with Gasteiger partial charge in [-0.3, -0.25) is 4.79 Å². The zero-order chi connectivity index (χ0) is 15.1. The SMILES string of the molecule is C#Cc1cccc(NC(=O)N[C@@H](CC(=O)O)C(=O)O)c1. The van der Waals surface area contributed by atoms with Crippen LogP contribution in [0.2, 0.25) is 0 Å². The number of benzene rings is 1. The van der Waals surface area contributed by atoms with E-state index in [2.05, 4.69) is 16.6 Å². The number of nitrogens with one attached hydrogen (secondary N) is 2. The highest BCUT2D eigenvalue weighted by molar-refractivity contribution is 5.93. The van der Waals surface area contributed by atoms with Crippen LogP contribution in [0, 0.1) is 12.3 Å². The molecule has 0 bridgehead atoms. The van der Waals surface area contributed by atoms with Gasteiger partial charge < -0.3 is 20.8 Å². The highest BCUT2D eigenvalue weighted by atomic mass is 16.4. The third-order valence-corrected chi connectivity index (χ3v) is 2.27. The fourth-order valence-electron chi connectivity index (χ4n) is 1.39. The lowest BCUT2D eigenvalue weighted by Gasteiger charge is -2.13. The molecule has 104 valence electrons. The van der Waals surface area contributed by atoms with Gasteiger partial charge in [0.25, 0.3) is 0 Å². The van der Waals surface area contributed by atoms with E-state index < -0.39 is 30.4 Å². The topological polar surface area (TPSA) is 116 Å². The van der Waals surface area contributed by atoms with Crippen molar-refractivity contribution in [2.45, 2.75) is 12.5 Å². The highest BCUT2D eigenvalue weighted by Crippen LogP contribution is 2.09. The normalized spacial score (nSPS) is 10.9. The van der Waals surface area contributed by atoms with Gasteiger partial charge in [-0.05, 0) is 18.2 Å². The Morgan fingerprint density at radius 1 is 1.30 bits per heavy atom. The molecular formula is C13H12N2O5. The number of carboxylic acid groups (broad SMARTS) is 2. The molecule has 1 rings (SSSR count). The van der Waals surface area contributed by atoms with Crippen molar-refractivity contribution in [1.82, 2.24) is 5.32 Å². The van der Waals surface area contributed by atoms with E-state index in [0.29, 0.717) is 11.3 Å². The van der Waals surface area contributed by atoms with Crippen LogP contribution in [0.5, 0.6) is 0 Å². The van der Waals surface area contributed by atoms with Crippen LogP contribution in [0.4, 0.5) is 10.5 Å². The summed E-state index contributed by atoms with van der Waals surface area (Å²) in [7, 11) is 0. The van der Waals surface area contributed by atoms with Gasteiger partial charge in [0.15, 0.2) is 0 Å². The van der Waals surface area contributed by atoms with Gasteiger partial charge in [-0.25, -0.2) is 9.59 Å². The molecule has 0 saturated heterocycles. The van der Waals surface area contributed by atoms with Crippen LogP contribution in [0.3, 0.4) is 0 Å². The maximum absolute atomic E-state index is 11.6. The van der Waals surface area contributed by atoms with Crippen molar-refractivity contribution in [2.24, 2.45) is 0 Å². The Kier molecular flexibility index (Phi) is 5.12. The number of urea groups is 1. The first-order chi connectivity index (χ1) is 9.42. The Balaban J connectivity index is 2.68. The Morgan fingerprint density at radius 2 is 2.00 bits per heavy atom. The molecule has 0 aliphatic rings. The number of terminal acetylenes is 1. The van der Waals surface area contributed by atoms with Gasteiger partial charge in [-0.15, -0.1) is 6.42 Å². The maximum atomic E-state index is 11.6. The zero-order valence-corrected chi connectivity index (χ0v) is 10.3. The summed E-state index contributed by atoms with van der Waals surface area (Å²) in [5.41, 5.74) is 0.917. The number of carboxylic acids is 2. The molecule has 0 heterocycles. The second-order valence-corrected chi connectivity index (χ2v) is 3.81. The molecule has 0 spiro atoms. The van der Waals surface area contributed by atoms with Crippen LogP contribution in [0.15, 0.2) is 24.3 Å². The van der Waals surface area contributed by atoms with Crippen LogP contribution in [-0.2, 0) is 9.59 Å². The number of hydrogen-bond donors (Lipinski definition) is 4. The van der Waals surface area contributed by atoms with Gasteiger partial charge in [0.2, 0.25) is 0 Å². The third-order valence-electron chi connectivity index (χ3n) is 2.27. The number of amides is 2. The third kappa shape index (κ3) is 4.70. The van der Waals surface area contributed by atoms with Gasteiger partial charge in [0.05, 0.1) is 6.42 Å². The van der Waals surface area contributed by atoms with Crippen LogP contribution in [-0.4, -0.2) is 34.2 Å². The fraction of sp³-hybridized carbons (Fsp3) is 0.154. The predicted octanol–water partition coefficient (Wildman–Crippen LogP) is 0.717. The maximum Gasteiger partial charge on any atom is 0.326 e. The average molecular weight is 276 g/mol. The van der Waals surface area contributed by atoms with E-state index in [4.69, 9.17) is 16.6 Å². The molecule has 0 fully saturated rings. The Hall–Kier alpha value is -3.01. The second-order valence-electron chi connectivity index (χ2n) is 3.81. The van der Waals surface area contributed by atoms with E-state index in [0.717, 1.165) is 0 Å². The first-order valence-electron chi connectivity index (χ1n) is 5.51. The lowest BCUT2D eigenvalue weighted by Crippen LogP contribution is -2.44. The van der Waals surface area contributed by atoms with Gasteiger partial charge in [0, 0.05) is 11.3 Å². The Bertz CT molecular complexity index is 576. The van der Waals surface area contributed by atoms with Gasteiger partial charge in [-0.1, -0.05) is 12.0 Å². The molecule has 7 heteroatoms. The molecule has 0 aliphatic heterocycles. The smallest absolute Gasteiger partial charge is 0.326 e. The lowest BCUT2D eigenvalue weighted by atomic mass is 10.2. The molecule has 1 aromatic rings. The van der Waals surface area contributed by atoms with Gasteiger partial charge in [-0.2, -0.15) is 0 Å². The fourth-order valence-corrected chi connectivity index (χ4v) is 1.39. The first-order valence-corrected chi connectivity index (χ1v) is 5.51. The van der Waals surface area contributed by atoms with Crippen LogP contribution < -0.4 is 10.6 Å². The second kappa shape index (κ2) is 6.80. The summed E-state index contributed by atoms with van der Waals surface area (Å²) < 4.78 is 0. The molecule has 1 aromatic carbocycles. The lowest BCUT2D eigenvalue weighted by molar-refractivity contribution is -0.145. The quantitative estimate of drug-likeness (QED) is 0.591. The van der Waals surface area contributed by atoms with E-state index in [1.807, 2.05) is 0 Å². The van der Waals surface area contributed by atoms with Crippen molar-refractivity contribution in [3.8, 4) is 12.3 Å². The molecule has 20 heavy (non-hydrogen) atoms. The van der Waals surface area contributed by atoms with Crippen molar-refractivity contribution in [3.63, 3.8) is 0 Å². The van der Waals surface area contributed by atoms with Crippen molar-refractivity contribution in [1.29, 1.82) is 0 Å². The van der Waals surface area contributed by atoms with E-state index >= 15 is 0 Å².